The number of hydrogen-bond donors (Lipinski definition) is 3. The van der Waals surface area contributed by atoms with E-state index in [2.05, 4.69) is 17.6 Å². The molecular weight excluding hydrogens is 506 g/mol. The van der Waals surface area contributed by atoms with Gasteiger partial charge in [-0.3, -0.25) is 9.59 Å². The largest absolute Gasteiger partial charge is 0.508 e. The molecule has 0 fully saturated rings. The highest BCUT2D eigenvalue weighted by Gasteiger charge is 2.37. The third-order valence-corrected chi connectivity index (χ3v) is 6.15. The number of phenolic OH excluding ortho intramolecular Hbond substituents is 1. The van der Waals surface area contributed by atoms with Crippen LogP contribution in [-0.4, -0.2) is 51.6 Å². The van der Waals surface area contributed by atoms with Crippen LogP contribution in [0.3, 0.4) is 0 Å². The lowest BCUT2D eigenvalue weighted by Crippen LogP contribution is -2.55. The van der Waals surface area contributed by atoms with Crippen LogP contribution in [0.1, 0.15) is 90.5 Å². The molecule has 3 amide bonds. The summed E-state index contributed by atoms with van der Waals surface area (Å²) in [7, 11) is 0. The van der Waals surface area contributed by atoms with Crippen LogP contribution in [0.25, 0.3) is 0 Å². The van der Waals surface area contributed by atoms with Crippen molar-refractivity contribution in [3.8, 4) is 5.75 Å². The first-order valence-electron chi connectivity index (χ1n) is 14.1. The van der Waals surface area contributed by atoms with Gasteiger partial charge in [0.15, 0.2) is 0 Å². The van der Waals surface area contributed by atoms with E-state index in [1.165, 1.54) is 6.07 Å². The minimum Gasteiger partial charge on any atom is -0.508 e. The smallest absolute Gasteiger partial charge is 0.408 e. The Balaban J connectivity index is 2.60. The summed E-state index contributed by atoms with van der Waals surface area (Å²) in [5.74, 6) is -0.611. The molecule has 2 aromatic rings. The van der Waals surface area contributed by atoms with Gasteiger partial charge in [0, 0.05) is 18.5 Å². The van der Waals surface area contributed by atoms with Crippen molar-refractivity contribution in [3.63, 3.8) is 0 Å². The summed E-state index contributed by atoms with van der Waals surface area (Å²) in [6, 6.07) is 12.4. The SMILES string of the molecule is CCCCCN(C(=O)C(Cc1ccccc1)NC(=O)OC(C)(C)C)C(C(=O)NC(C)(C)C)c1ccc(O)c(C)c1. The van der Waals surface area contributed by atoms with E-state index in [1.54, 1.807) is 44.7 Å². The van der Waals surface area contributed by atoms with Crippen LogP contribution in [0.5, 0.6) is 5.75 Å². The van der Waals surface area contributed by atoms with Crippen LogP contribution in [-0.2, 0) is 20.7 Å². The fourth-order valence-corrected chi connectivity index (χ4v) is 4.36. The van der Waals surface area contributed by atoms with Crippen molar-refractivity contribution in [3.05, 3.63) is 65.2 Å². The number of ether oxygens (including phenoxy) is 1. The molecular formula is C32H47N3O5. The minimum absolute atomic E-state index is 0.108. The predicted molar refractivity (Wildman–Crippen MR) is 158 cm³/mol. The van der Waals surface area contributed by atoms with Crippen LogP contribution in [0, 0.1) is 6.92 Å². The Hall–Kier alpha value is -3.55. The van der Waals surface area contributed by atoms with Crippen molar-refractivity contribution >= 4 is 17.9 Å². The van der Waals surface area contributed by atoms with E-state index in [1.807, 2.05) is 51.1 Å². The molecule has 0 bridgehead atoms. The lowest BCUT2D eigenvalue weighted by molar-refractivity contribution is -0.143. The van der Waals surface area contributed by atoms with Crippen molar-refractivity contribution in [1.82, 2.24) is 15.5 Å². The van der Waals surface area contributed by atoms with E-state index in [9.17, 15) is 19.5 Å². The van der Waals surface area contributed by atoms with Gasteiger partial charge in [0.1, 0.15) is 23.4 Å². The summed E-state index contributed by atoms with van der Waals surface area (Å²) in [5.41, 5.74) is 0.751. The lowest BCUT2D eigenvalue weighted by Gasteiger charge is -2.36. The molecule has 0 spiro atoms. The summed E-state index contributed by atoms with van der Waals surface area (Å²) in [6.45, 7) is 15.1. The number of rotatable bonds is 11. The summed E-state index contributed by atoms with van der Waals surface area (Å²) < 4.78 is 5.49. The molecule has 0 aromatic heterocycles. The van der Waals surface area contributed by atoms with Gasteiger partial charge in [0.2, 0.25) is 11.8 Å². The van der Waals surface area contributed by atoms with Crippen LogP contribution < -0.4 is 10.6 Å². The topological polar surface area (TPSA) is 108 Å². The Morgan fingerprint density at radius 1 is 0.975 bits per heavy atom. The highest BCUT2D eigenvalue weighted by molar-refractivity contribution is 5.92. The molecule has 8 nitrogen and oxygen atoms in total. The van der Waals surface area contributed by atoms with Gasteiger partial charge in [-0.05, 0) is 83.7 Å². The number of aromatic hydroxyl groups is 1. The zero-order valence-electron chi connectivity index (χ0n) is 25.3. The highest BCUT2D eigenvalue weighted by Crippen LogP contribution is 2.28. The van der Waals surface area contributed by atoms with Gasteiger partial charge in [0.05, 0.1) is 0 Å². The maximum Gasteiger partial charge on any atom is 0.408 e. The standard InChI is InChI=1S/C32H47N3O5/c1-9-10-14-19-35(27(28(37)34-31(3,4)5)24-17-18-26(36)22(2)20-24)29(38)25(21-23-15-12-11-13-16-23)33-30(39)40-32(6,7)8/h11-13,15-18,20,25,27,36H,9-10,14,19,21H2,1-8H3,(H,33,39)(H,34,37). The quantitative estimate of drug-likeness (QED) is 0.304. The van der Waals surface area contributed by atoms with E-state index >= 15 is 0 Å². The molecule has 0 aliphatic heterocycles. The van der Waals surface area contributed by atoms with Gasteiger partial charge in [-0.1, -0.05) is 56.2 Å². The van der Waals surface area contributed by atoms with E-state index < -0.39 is 29.3 Å². The Bertz CT molecular complexity index is 1140. The minimum atomic E-state index is -0.971. The van der Waals surface area contributed by atoms with Crippen molar-refractivity contribution in [2.75, 3.05) is 6.54 Å². The molecule has 0 saturated carbocycles. The normalized spacial score (nSPS) is 13.2. The number of hydrogen-bond acceptors (Lipinski definition) is 5. The summed E-state index contributed by atoms with van der Waals surface area (Å²) in [4.78, 5) is 42.7. The summed E-state index contributed by atoms with van der Waals surface area (Å²) in [5, 5.41) is 16.0. The number of amides is 3. The van der Waals surface area contributed by atoms with Crippen LogP contribution in [0.15, 0.2) is 48.5 Å². The molecule has 2 atom stereocenters. The van der Waals surface area contributed by atoms with Crippen molar-refractivity contribution in [2.24, 2.45) is 0 Å². The molecule has 220 valence electrons. The molecule has 0 radical (unpaired) electrons. The second kappa shape index (κ2) is 14.2. The number of alkyl carbamates (subject to hydrolysis) is 1. The molecule has 0 aliphatic rings. The monoisotopic (exact) mass is 553 g/mol. The van der Waals surface area contributed by atoms with Crippen molar-refractivity contribution < 1.29 is 24.2 Å². The Kier molecular flexibility index (Phi) is 11.6. The zero-order chi connectivity index (χ0) is 30.1. The maximum absolute atomic E-state index is 14.4. The number of nitrogens with zero attached hydrogens (tertiary/aromatic N) is 1. The molecule has 2 aromatic carbocycles. The number of unbranched alkanes of at least 4 members (excludes halogenated alkanes) is 2. The molecule has 2 rings (SSSR count). The third kappa shape index (κ3) is 10.5. The Morgan fingerprint density at radius 2 is 1.62 bits per heavy atom. The van der Waals surface area contributed by atoms with E-state index in [4.69, 9.17) is 4.74 Å². The predicted octanol–water partition coefficient (Wildman–Crippen LogP) is 5.81. The first-order chi connectivity index (χ1) is 18.6. The first kappa shape index (κ1) is 32.7. The number of carbonyl (C=O) groups excluding carboxylic acids is 3. The lowest BCUT2D eigenvalue weighted by atomic mass is 9.97. The number of carbonyl (C=O) groups is 3. The van der Waals surface area contributed by atoms with Gasteiger partial charge in [-0.2, -0.15) is 0 Å². The number of nitrogens with one attached hydrogen (secondary N) is 2. The zero-order valence-corrected chi connectivity index (χ0v) is 25.3. The van der Waals surface area contributed by atoms with Crippen LogP contribution in [0.4, 0.5) is 4.79 Å². The number of benzene rings is 2. The van der Waals surface area contributed by atoms with Gasteiger partial charge in [-0.25, -0.2) is 4.79 Å². The molecule has 40 heavy (non-hydrogen) atoms. The van der Waals surface area contributed by atoms with Gasteiger partial charge in [0.25, 0.3) is 0 Å². The molecule has 3 N–H and O–H groups in total. The highest BCUT2D eigenvalue weighted by atomic mass is 16.6. The number of aryl methyl sites for hydroxylation is 1. The van der Waals surface area contributed by atoms with Crippen molar-refractivity contribution in [2.45, 2.75) is 104 Å². The van der Waals surface area contributed by atoms with Crippen molar-refractivity contribution in [1.29, 1.82) is 0 Å². The Morgan fingerprint density at radius 3 is 2.17 bits per heavy atom. The van der Waals surface area contributed by atoms with Gasteiger partial charge in [-0.15, -0.1) is 0 Å². The Labute approximate surface area is 239 Å². The molecule has 0 saturated heterocycles. The molecule has 8 heteroatoms. The average Bonchev–Trinajstić information content (AvgIpc) is 2.83. The number of phenols is 1. The summed E-state index contributed by atoms with van der Waals surface area (Å²) in [6.07, 6.45) is 2.01. The first-order valence-corrected chi connectivity index (χ1v) is 14.1. The fraction of sp³-hybridized carbons (Fsp3) is 0.531. The molecule has 2 unspecified atom stereocenters. The third-order valence-electron chi connectivity index (χ3n) is 6.15. The van der Waals surface area contributed by atoms with Crippen LogP contribution in [0.2, 0.25) is 0 Å². The summed E-state index contributed by atoms with van der Waals surface area (Å²) >= 11 is 0. The molecule has 0 heterocycles. The molecule has 0 aliphatic carbocycles. The van der Waals surface area contributed by atoms with Gasteiger partial charge >= 0.3 is 6.09 Å². The van der Waals surface area contributed by atoms with Crippen LogP contribution >= 0.6 is 0 Å². The second-order valence-electron chi connectivity index (χ2n) is 12.3. The average molecular weight is 554 g/mol. The second-order valence-corrected chi connectivity index (χ2v) is 12.3. The maximum atomic E-state index is 14.4. The fourth-order valence-electron chi connectivity index (χ4n) is 4.36. The van der Waals surface area contributed by atoms with E-state index in [0.717, 1.165) is 18.4 Å². The van der Waals surface area contributed by atoms with E-state index in [0.29, 0.717) is 24.1 Å². The van der Waals surface area contributed by atoms with E-state index in [-0.39, 0.29) is 24.0 Å². The van der Waals surface area contributed by atoms with Gasteiger partial charge < -0.3 is 25.4 Å².